The summed E-state index contributed by atoms with van der Waals surface area (Å²) in [6, 6.07) is 15.1. The van der Waals surface area contributed by atoms with Crippen molar-refractivity contribution in [3.8, 4) is 0 Å². The predicted octanol–water partition coefficient (Wildman–Crippen LogP) is 3.62. The molecule has 2 aromatic carbocycles. The number of amides is 1. The molecule has 2 N–H and O–H groups in total. The molecule has 1 atom stereocenters. The number of carbonyl (C=O) groups excluding carboxylic acids is 2. The summed E-state index contributed by atoms with van der Waals surface area (Å²) in [5, 5.41) is 0. The van der Waals surface area contributed by atoms with Crippen LogP contribution in [0.4, 0.5) is 0 Å². The lowest BCUT2D eigenvalue weighted by molar-refractivity contribution is -0.125. The standard InChI is InChI=1S/C18H16N2O3S2/c1-11(16(19)21)23-17(22)13-7-3-2-6-12(13)10-24-18-20-14-8-4-5-9-15(14)25-18/h2-9,11H,10H2,1H3,(H2,19,21)/t11-/m0/s1. The number of thioether (sulfide) groups is 1. The van der Waals surface area contributed by atoms with E-state index in [1.807, 2.05) is 36.4 Å². The molecule has 0 unspecified atom stereocenters. The van der Waals surface area contributed by atoms with Gasteiger partial charge in [0.05, 0.1) is 15.8 Å². The number of para-hydroxylation sites is 1. The largest absolute Gasteiger partial charge is 0.449 e. The molecule has 7 heteroatoms. The Labute approximate surface area is 153 Å². The molecule has 0 radical (unpaired) electrons. The van der Waals surface area contributed by atoms with Gasteiger partial charge in [0.25, 0.3) is 5.91 Å². The minimum atomic E-state index is -0.961. The maximum absolute atomic E-state index is 12.3. The van der Waals surface area contributed by atoms with E-state index in [-0.39, 0.29) is 0 Å². The van der Waals surface area contributed by atoms with Crippen molar-refractivity contribution in [1.29, 1.82) is 0 Å². The van der Waals surface area contributed by atoms with Crippen LogP contribution in [0.2, 0.25) is 0 Å². The molecule has 128 valence electrons. The Morgan fingerprint density at radius 3 is 2.68 bits per heavy atom. The zero-order valence-corrected chi connectivity index (χ0v) is 15.1. The number of thiazole rings is 1. The van der Waals surface area contributed by atoms with Crippen molar-refractivity contribution < 1.29 is 14.3 Å². The summed E-state index contributed by atoms with van der Waals surface area (Å²) in [5.41, 5.74) is 7.38. The van der Waals surface area contributed by atoms with Crippen molar-refractivity contribution in [3.63, 3.8) is 0 Å². The summed E-state index contributed by atoms with van der Waals surface area (Å²) >= 11 is 3.18. The van der Waals surface area contributed by atoms with Gasteiger partial charge >= 0.3 is 5.97 Å². The first-order valence-electron chi connectivity index (χ1n) is 7.61. The van der Waals surface area contributed by atoms with Crippen molar-refractivity contribution in [2.75, 3.05) is 0 Å². The number of rotatable bonds is 6. The fourth-order valence-corrected chi connectivity index (χ4v) is 4.25. The van der Waals surface area contributed by atoms with Crippen LogP contribution in [0.15, 0.2) is 52.9 Å². The molecule has 25 heavy (non-hydrogen) atoms. The summed E-state index contributed by atoms with van der Waals surface area (Å²) in [4.78, 5) is 27.9. The monoisotopic (exact) mass is 372 g/mol. The van der Waals surface area contributed by atoms with Gasteiger partial charge in [0.1, 0.15) is 0 Å². The van der Waals surface area contributed by atoms with Crippen LogP contribution < -0.4 is 5.73 Å². The number of nitrogens with two attached hydrogens (primary N) is 1. The number of esters is 1. The first-order valence-corrected chi connectivity index (χ1v) is 9.41. The molecule has 0 spiro atoms. The Morgan fingerprint density at radius 1 is 1.20 bits per heavy atom. The quantitative estimate of drug-likeness (QED) is 0.528. The second kappa shape index (κ2) is 7.67. The maximum atomic E-state index is 12.3. The second-order valence-electron chi connectivity index (χ2n) is 5.34. The minimum absolute atomic E-state index is 0.434. The van der Waals surface area contributed by atoms with Crippen LogP contribution in [0, 0.1) is 0 Å². The highest BCUT2D eigenvalue weighted by Crippen LogP contribution is 2.32. The number of carbonyl (C=O) groups is 2. The van der Waals surface area contributed by atoms with Gasteiger partial charge in [-0.3, -0.25) is 4.79 Å². The van der Waals surface area contributed by atoms with Crippen LogP contribution in [-0.2, 0) is 15.3 Å². The fourth-order valence-electron chi connectivity index (χ4n) is 2.18. The average Bonchev–Trinajstić information content (AvgIpc) is 3.03. The van der Waals surface area contributed by atoms with Gasteiger partial charge in [0.2, 0.25) is 0 Å². The highest BCUT2D eigenvalue weighted by molar-refractivity contribution is 8.00. The second-order valence-corrected chi connectivity index (χ2v) is 7.60. The van der Waals surface area contributed by atoms with Crippen LogP contribution in [-0.4, -0.2) is 23.0 Å². The van der Waals surface area contributed by atoms with Gasteiger partial charge in [0.15, 0.2) is 10.4 Å². The number of hydrogen-bond acceptors (Lipinski definition) is 6. The topological polar surface area (TPSA) is 82.3 Å². The van der Waals surface area contributed by atoms with Gasteiger partial charge in [-0.15, -0.1) is 11.3 Å². The van der Waals surface area contributed by atoms with E-state index in [2.05, 4.69) is 4.98 Å². The van der Waals surface area contributed by atoms with Gasteiger partial charge in [-0.05, 0) is 30.7 Å². The van der Waals surface area contributed by atoms with Crippen molar-refractivity contribution >= 4 is 45.2 Å². The zero-order chi connectivity index (χ0) is 17.8. The Balaban J connectivity index is 1.74. The van der Waals surface area contributed by atoms with Crippen molar-refractivity contribution in [2.45, 2.75) is 23.1 Å². The third-order valence-corrected chi connectivity index (χ3v) is 5.78. The highest BCUT2D eigenvalue weighted by atomic mass is 32.2. The molecule has 0 aliphatic heterocycles. The van der Waals surface area contributed by atoms with E-state index >= 15 is 0 Å². The third-order valence-electron chi connectivity index (χ3n) is 3.55. The number of ether oxygens (including phenoxy) is 1. The molecule has 3 aromatic rings. The van der Waals surface area contributed by atoms with Crippen LogP contribution in [0.25, 0.3) is 10.2 Å². The van der Waals surface area contributed by atoms with Gasteiger partial charge in [-0.1, -0.05) is 42.1 Å². The Kier molecular flexibility index (Phi) is 5.35. The van der Waals surface area contributed by atoms with Crippen molar-refractivity contribution in [2.24, 2.45) is 5.73 Å². The van der Waals surface area contributed by atoms with Crippen molar-refractivity contribution in [3.05, 3.63) is 59.7 Å². The van der Waals surface area contributed by atoms with Crippen LogP contribution in [0.5, 0.6) is 0 Å². The number of hydrogen-bond donors (Lipinski definition) is 1. The van der Waals surface area contributed by atoms with Gasteiger partial charge in [0, 0.05) is 5.75 Å². The Hall–Kier alpha value is -2.38. The summed E-state index contributed by atoms with van der Waals surface area (Å²) in [7, 11) is 0. The van der Waals surface area contributed by atoms with E-state index < -0.39 is 18.0 Å². The molecule has 1 aromatic heterocycles. The molecule has 1 amide bonds. The number of nitrogens with zero attached hydrogens (tertiary/aromatic N) is 1. The molecule has 3 rings (SSSR count). The normalized spacial score (nSPS) is 12.0. The van der Waals surface area contributed by atoms with E-state index in [4.69, 9.17) is 10.5 Å². The maximum Gasteiger partial charge on any atom is 0.339 e. The number of benzene rings is 2. The van der Waals surface area contributed by atoms with Crippen LogP contribution in [0.1, 0.15) is 22.8 Å². The van der Waals surface area contributed by atoms with Gasteiger partial charge in [-0.2, -0.15) is 0 Å². The van der Waals surface area contributed by atoms with E-state index in [1.165, 1.54) is 6.92 Å². The molecule has 0 aliphatic carbocycles. The Bertz CT molecular complexity index is 890. The highest BCUT2D eigenvalue weighted by Gasteiger charge is 2.18. The molecule has 0 saturated carbocycles. The smallest absolute Gasteiger partial charge is 0.339 e. The minimum Gasteiger partial charge on any atom is -0.449 e. The average molecular weight is 372 g/mol. The molecule has 5 nitrogen and oxygen atoms in total. The lowest BCUT2D eigenvalue weighted by Crippen LogP contribution is -2.30. The van der Waals surface area contributed by atoms with Gasteiger partial charge in [-0.25, -0.2) is 9.78 Å². The SMILES string of the molecule is C[C@H](OC(=O)c1ccccc1CSc1nc2ccccc2s1)C(N)=O. The zero-order valence-electron chi connectivity index (χ0n) is 13.5. The molecule has 0 saturated heterocycles. The molecular weight excluding hydrogens is 356 g/mol. The fraction of sp³-hybridized carbons (Fsp3) is 0.167. The van der Waals surface area contributed by atoms with Gasteiger partial charge < -0.3 is 10.5 Å². The first-order chi connectivity index (χ1) is 12.0. The molecular formula is C18H16N2O3S2. The lowest BCUT2D eigenvalue weighted by Gasteiger charge is -2.12. The summed E-state index contributed by atoms with van der Waals surface area (Å²) in [5.74, 6) is -0.641. The number of aromatic nitrogens is 1. The van der Waals surface area contributed by atoms with E-state index in [0.29, 0.717) is 11.3 Å². The predicted molar refractivity (Wildman–Crippen MR) is 99.7 cm³/mol. The van der Waals surface area contributed by atoms with E-state index in [1.54, 1.807) is 35.2 Å². The van der Waals surface area contributed by atoms with Crippen LogP contribution >= 0.6 is 23.1 Å². The number of primary amides is 1. The molecule has 0 fully saturated rings. The van der Waals surface area contributed by atoms with Crippen molar-refractivity contribution in [1.82, 2.24) is 4.98 Å². The molecule has 1 heterocycles. The van der Waals surface area contributed by atoms with E-state index in [9.17, 15) is 9.59 Å². The molecule has 0 aliphatic rings. The number of fused-ring (bicyclic) bond motifs is 1. The lowest BCUT2D eigenvalue weighted by atomic mass is 10.1. The van der Waals surface area contributed by atoms with E-state index in [0.717, 1.165) is 20.1 Å². The first kappa shape index (κ1) is 17.4. The molecule has 0 bridgehead atoms. The third kappa shape index (κ3) is 4.18. The summed E-state index contributed by atoms with van der Waals surface area (Å²) in [6.07, 6.45) is -0.961. The van der Waals surface area contributed by atoms with Crippen LogP contribution in [0.3, 0.4) is 0 Å². The summed E-state index contributed by atoms with van der Waals surface area (Å²) < 4.78 is 7.17. The summed E-state index contributed by atoms with van der Waals surface area (Å²) in [6.45, 7) is 1.46. The Morgan fingerprint density at radius 2 is 1.92 bits per heavy atom.